The summed E-state index contributed by atoms with van der Waals surface area (Å²) in [4.78, 5) is 2.33. The number of halogens is 2. The first-order valence-corrected chi connectivity index (χ1v) is 6.70. The van der Waals surface area contributed by atoms with E-state index in [2.05, 4.69) is 11.8 Å². The normalized spacial score (nSPS) is 11.1. The van der Waals surface area contributed by atoms with Crippen molar-refractivity contribution in [3.63, 3.8) is 0 Å². The molecule has 0 aliphatic rings. The predicted octanol–water partition coefficient (Wildman–Crippen LogP) is 3.59. The summed E-state index contributed by atoms with van der Waals surface area (Å²) in [5.41, 5.74) is 1.17. The van der Waals surface area contributed by atoms with Crippen molar-refractivity contribution in [2.75, 3.05) is 19.7 Å². The molecular formula is C13H19Cl2NO. The van der Waals surface area contributed by atoms with Gasteiger partial charge in [0.15, 0.2) is 0 Å². The van der Waals surface area contributed by atoms with Gasteiger partial charge in [-0.2, -0.15) is 0 Å². The number of aliphatic hydroxyl groups is 1. The van der Waals surface area contributed by atoms with E-state index in [1.54, 1.807) is 0 Å². The lowest BCUT2D eigenvalue weighted by Crippen LogP contribution is -2.24. The van der Waals surface area contributed by atoms with Gasteiger partial charge < -0.3 is 5.11 Å². The predicted molar refractivity (Wildman–Crippen MR) is 73.7 cm³/mol. The number of aliphatic hydroxyl groups excluding tert-OH is 1. The molecular weight excluding hydrogens is 257 g/mol. The van der Waals surface area contributed by atoms with Crippen LogP contribution in [0.5, 0.6) is 0 Å². The lowest BCUT2D eigenvalue weighted by molar-refractivity contribution is 0.243. The molecule has 0 saturated heterocycles. The molecule has 0 bridgehead atoms. The zero-order valence-electron chi connectivity index (χ0n) is 10.1. The van der Waals surface area contributed by atoms with Crippen LogP contribution in [0, 0.1) is 0 Å². The van der Waals surface area contributed by atoms with Gasteiger partial charge in [-0.3, -0.25) is 4.90 Å². The Morgan fingerprint density at radius 3 is 2.53 bits per heavy atom. The van der Waals surface area contributed by atoms with E-state index in [0.717, 1.165) is 32.5 Å². The van der Waals surface area contributed by atoms with E-state index in [1.807, 2.05) is 18.2 Å². The average molecular weight is 276 g/mol. The first-order valence-electron chi connectivity index (χ1n) is 5.94. The minimum Gasteiger partial charge on any atom is -0.396 e. The molecule has 0 unspecified atom stereocenters. The van der Waals surface area contributed by atoms with Crippen LogP contribution in [0.1, 0.15) is 25.3 Å². The second-order valence-electron chi connectivity index (χ2n) is 4.05. The Bertz CT molecular complexity index is 344. The third kappa shape index (κ3) is 5.26. The smallest absolute Gasteiger partial charge is 0.0595 e. The number of hydrogen-bond donors (Lipinski definition) is 1. The second kappa shape index (κ2) is 7.93. The van der Waals surface area contributed by atoms with Gasteiger partial charge in [0.25, 0.3) is 0 Å². The van der Waals surface area contributed by atoms with Crippen LogP contribution in [0.25, 0.3) is 0 Å². The highest BCUT2D eigenvalue weighted by Crippen LogP contribution is 2.23. The van der Waals surface area contributed by atoms with Gasteiger partial charge in [-0.25, -0.2) is 0 Å². The largest absolute Gasteiger partial charge is 0.396 e. The first-order chi connectivity index (χ1) is 8.17. The van der Waals surface area contributed by atoms with Crippen LogP contribution in [0.3, 0.4) is 0 Å². The molecule has 1 rings (SSSR count). The van der Waals surface area contributed by atoms with Crippen LogP contribution < -0.4 is 0 Å². The van der Waals surface area contributed by atoms with Crippen molar-refractivity contribution < 1.29 is 5.11 Å². The van der Waals surface area contributed by atoms with E-state index in [4.69, 9.17) is 28.3 Å². The number of hydrogen-bond acceptors (Lipinski definition) is 2. The number of nitrogens with zero attached hydrogens (tertiary/aromatic N) is 1. The molecule has 0 saturated carbocycles. The highest BCUT2D eigenvalue weighted by atomic mass is 35.5. The molecule has 17 heavy (non-hydrogen) atoms. The molecule has 0 amide bonds. The van der Waals surface area contributed by atoms with Gasteiger partial charge in [0.2, 0.25) is 0 Å². The quantitative estimate of drug-likeness (QED) is 0.769. The molecule has 2 nitrogen and oxygen atoms in total. The molecule has 0 spiro atoms. The molecule has 0 aromatic heterocycles. The molecule has 0 aliphatic carbocycles. The maximum absolute atomic E-state index is 8.76. The Balaban J connectivity index is 2.51. The fraction of sp³-hybridized carbons (Fsp3) is 0.538. The SMILES string of the molecule is CCN(CCCCO)Cc1ccc(Cl)c(Cl)c1. The Hall–Kier alpha value is -0.280. The Labute approximate surface area is 113 Å². The van der Waals surface area contributed by atoms with Crippen molar-refractivity contribution in [3.05, 3.63) is 33.8 Å². The molecule has 0 heterocycles. The summed E-state index contributed by atoms with van der Waals surface area (Å²) in [5, 5.41) is 9.96. The summed E-state index contributed by atoms with van der Waals surface area (Å²) in [5.74, 6) is 0. The molecule has 0 atom stereocenters. The highest BCUT2D eigenvalue weighted by Gasteiger charge is 2.05. The van der Waals surface area contributed by atoms with E-state index >= 15 is 0 Å². The maximum atomic E-state index is 8.76. The molecule has 4 heteroatoms. The fourth-order valence-corrected chi connectivity index (χ4v) is 2.01. The van der Waals surface area contributed by atoms with Gasteiger partial charge in [0, 0.05) is 13.2 Å². The molecule has 96 valence electrons. The Morgan fingerprint density at radius 1 is 1.18 bits per heavy atom. The monoisotopic (exact) mass is 275 g/mol. The molecule has 1 aromatic carbocycles. The van der Waals surface area contributed by atoms with Crippen molar-refractivity contribution in [2.45, 2.75) is 26.3 Å². The number of unbranched alkanes of at least 4 members (excludes halogenated alkanes) is 1. The topological polar surface area (TPSA) is 23.5 Å². The van der Waals surface area contributed by atoms with E-state index in [-0.39, 0.29) is 6.61 Å². The zero-order valence-corrected chi connectivity index (χ0v) is 11.6. The fourth-order valence-electron chi connectivity index (χ4n) is 1.69. The van der Waals surface area contributed by atoms with Crippen molar-refractivity contribution >= 4 is 23.2 Å². The van der Waals surface area contributed by atoms with Gasteiger partial charge in [0.1, 0.15) is 0 Å². The minimum absolute atomic E-state index is 0.268. The Morgan fingerprint density at radius 2 is 1.94 bits per heavy atom. The minimum atomic E-state index is 0.268. The highest BCUT2D eigenvalue weighted by molar-refractivity contribution is 6.42. The number of benzene rings is 1. The first kappa shape index (κ1) is 14.8. The van der Waals surface area contributed by atoms with Crippen LogP contribution in [0.4, 0.5) is 0 Å². The van der Waals surface area contributed by atoms with Crippen molar-refractivity contribution in [1.29, 1.82) is 0 Å². The summed E-state index contributed by atoms with van der Waals surface area (Å²) < 4.78 is 0. The van der Waals surface area contributed by atoms with Crippen molar-refractivity contribution in [2.24, 2.45) is 0 Å². The third-order valence-corrected chi connectivity index (χ3v) is 3.46. The molecule has 0 aliphatic heterocycles. The van der Waals surface area contributed by atoms with E-state index in [1.165, 1.54) is 5.56 Å². The Kier molecular flexibility index (Phi) is 6.90. The summed E-state index contributed by atoms with van der Waals surface area (Å²) in [6, 6.07) is 5.75. The van der Waals surface area contributed by atoms with Gasteiger partial charge in [0.05, 0.1) is 10.0 Å². The lowest BCUT2D eigenvalue weighted by Gasteiger charge is -2.20. The van der Waals surface area contributed by atoms with Crippen LogP contribution in [0.15, 0.2) is 18.2 Å². The van der Waals surface area contributed by atoms with Crippen LogP contribution >= 0.6 is 23.2 Å². The van der Waals surface area contributed by atoms with Gasteiger partial charge in [-0.05, 0) is 43.6 Å². The third-order valence-electron chi connectivity index (χ3n) is 2.72. The summed E-state index contributed by atoms with van der Waals surface area (Å²) in [6.07, 6.45) is 1.88. The van der Waals surface area contributed by atoms with Gasteiger partial charge in [-0.15, -0.1) is 0 Å². The molecule has 0 fully saturated rings. The van der Waals surface area contributed by atoms with Crippen LogP contribution in [-0.4, -0.2) is 29.7 Å². The van der Waals surface area contributed by atoms with E-state index < -0.39 is 0 Å². The summed E-state index contributed by atoms with van der Waals surface area (Å²) >= 11 is 11.9. The summed E-state index contributed by atoms with van der Waals surface area (Å²) in [6.45, 7) is 5.27. The van der Waals surface area contributed by atoms with E-state index in [9.17, 15) is 0 Å². The summed E-state index contributed by atoms with van der Waals surface area (Å²) in [7, 11) is 0. The van der Waals surface area contributed by atoms with Crippen molar-refractivity contribution in [3.8, 4) is 0 Å². The average Bonchev–Trinajstić information content (AvgIpc) is 2.32. The van der Waals surface area contributed by atoms with Crippen LogP contribution in [-0.2, 0) is 6.54 Å². The van der Waals surface area contributed by atoms with Gasteiger partial charge >= 0.3 is 0 Å². The van der Waals surface area contributed by atoms with E-state index in [0.29, 0.717) is 10.0 Å². The van der Waals surface area contributed by atoms with Gasteiger partial charge in [-0.1, -0.05) is 36.2 Å². The standard InChI is InChI=1S/C13H19Cl2NO/c1-2-16(7-3-4-8-17)10-11-5-6-12(14)13(15)9-11/h5-6,9,17H,2-4,7-8,10H2,1H3. The van der Waals surface area contributed by atoms with Crippen LogP contribution in [0.2, 0.25) is 10.0 Å². The lowest BCUT2D eigenvalue weighted by atomic mass is 10.2. The maximum Gasteiger partial charge on any atom is 0.0595 e. The molecule has 0 radical (unpaired) electrons. The second-order valence-corrected chi connectivity index (χ2v) is 4.86. The molecule has 1 N–H and O–H groups in total. The number of rotatable bonds is 7. The van der Waals surface area contributed by atoms with Crippen molar-refractivity contribution in [1.82, 2.24) is 4.90 Å². The zero-order chi connectivity index (χ0) is 12.7. The molecule has 1 aromatic rings.